The summed E-state index contributed by atoms with van der Waals surface area (Å²) in [6.45, 7) is 0.112. The van der Waals surface area contributed by atoms with Crippen molar-refractivity contribution in [2.24, 2.45) is 5.73 Å². The molecule has 0 unspecified atom stereocenters. The number of carbonyl (C=O) groups excluding carboxylic acids is 4. The Morgan fingerprint density at radius 3 is 1.86 bits per heavy atom. The van der Waals surface area contributed by atoms with Crippen LogP contribution in [0.15, 0.2) is 84.9 Å². The Labute approximate surface area is 244 Å². The molecule has 3 aromatic rings. The van der Waals surface area contributed by atoms with Crippen LogP contribution in [0.4, 0.5) is 0 Å². The standard InChI is InChI=1S/C32H35N5O5/c33-25(15-22-11-13-24(38)14-12-22)32(42)37-19-23-18-28(37)31(41)36-27(17-21-9-5-2-6-10-21)30(40)35-26(29(39)34-23)16-20-7-3-1-4-8-20/h1-14,23,25-28,38H,15-19,33H2,(H,34,39)(H,35,40)(H,36,41)/t23-,25-,26-,27-,28-/m0/s1. The summed E-state index contributed by atoms with van der Waals surface area (Å²) in [7, 11) is 0. The van der Waals surface area contributed by atoms with Crippen molar-refractivity contribution in [3.63, 3.8) is 0 Å². The summed E-state index contributed by atoms with van der Waals surface area (Å²) >= 11 is 0. The van der Waals surface area contributed by atoms with Crippen molar-refractivity contribution in [3.05, 3.63) is 102 Å². The average molecular weight is 570 g/mol. The molecule has 0 saturated carbocycles. The lowest BCUT2D eigenvalue weighted by Gasteiger charge is -2.29. The number of phenolic OH excluding ortho intramolecular Hbond substituents is 1. The zero-order chi connectivity index (χ0) is 29.6. The molecule has 10 heteroatoms. The van der Waals surface area contributed by atoms with Crippen molar-refractivity contribution in [2.45, 2.75) is 55.9 Å². The molecular weight excluding hydrogens is 534 g/mol. The molecular formula is C32H35N5O5. The molecule has 0 aliphatic carbocycles. The van der Waals surface area contributed by atoms with Gasteiger partial charge in [-0.05, 0) is 41.7 Å². The lowest BCUT2D eigenvalue weighted by molar-refractivity contribution is -0.140. The first-order chi connectivity index (χ1) is 20.3. The van der Waals surface area contributed by atoms with Crippen molar-refractivity contribution in [1.82, 2.24) is 20.9 Å². The molecule has 2 aliphatic rings. The molecule has 218 valence electrons. The van der Waals surface area contributed by atoms with Crippen LogP contribution in [0.1, 0.15) is 23.1 Å². The van der Waals surface area contributed by atoms with Gasteiger partial charge in [-0.3, -0.25) is 19.2 Å². The van der Waals surface area contributed by atoms with Crippen LogP contribution in [0.3, 0.4) is 0 Å². The summed E-state index contributed by atoms with van der Waals surface area (Å²) in [5.41, 5.74) is 8.78. The maximum atomic E-state index is 13.7. The van der Waals surface area contributed by atoms with Gasteiger partial charge in [-0.15, -0.1) is 0 Å². The zero-order valence-corrected chi connectivity index (χ0v) is 23.1. The van der Waals surface area contributed by atoms with Gasteiger partial charge in [-0.25, -0.2) is 0 Å². The summed E-state index contributed by atoms with van der Waals surface area (Å²) in [6, 6.07) is 20.9. The van der Waals surface area contributed by atoms with E-state index >= 15 is 0 Å². The summed E-state index contributed by atoms with van der Waals surface area (Å²) < 4.78 is 0. The van der Waals surface area contributed by atoms with E-state index in [2.05, 4.69) is 16.0 Å². The number of hydrogen-bond acceptors (Lipinski definition) is 6. The van der Waals surface area contributed by atoms with Crippen molar-refractivity contribution in [2.75, 3.05) is 6.54 Å². The molecule has 2 aliphatic heterocycles. The van der Waals surface area contributed by atoms with Gasteiger partial charge in [0.25, 0.3) is 0 Å². The maximum Gasteiger partial charge on any atom is 0.243 e. The predicted octanol–water partition coefficient (Wildman–Crippen LogP) is 0.816. The van der Waals surface area contributed by atoms with Gasteiger partial charge in [0.05, 0.1) is 6.04 Å². The summed E-state index contributed by atoms with van der Waals surface area (Å²) in [6.07, 6.45) is 0.877. The Kier molecular flexibility index (Phi) is 8.83. The monoisotopic (exact) mass is 569 g/mol. The quantitative estimate of drug-likeness (QED) is 0.284. The first-order valence-corrected chi connectivity index (χ1v) is 14.1. The molecule has 3 aromatic carbocycles. The topological polar surface area (TPSA) is 154 Å². The number of benzene rings is 3. The van der Waals surface area contributed by atoms with Crippen LogP contribution in [0.5, 0.6) is 5.75 Å². The lowest BCUT2D eigenvalue weighted by atomic mass is 10.0. The summed E-state index contributed by atoms with van der Waals surface area (Å²) in [5, 5.41) is 18.3. The Balaban J connectivity index is 1.41. The van der Waals surface area contributed by atoms with Crippen LogP contribution in [-0.4, -0.2) is 70.4 Å². The highest BCUT2D eigenvalue weighted by atomic mass is 16.3. The summed E-state index contributed by atoms with van der Waals surface area (Å²) in [4.78, 5) is 55.8. The van der Waals surface area contributed by atoms with Crippen molar-refractivity contribution < 1.29 is 24.3 Å². The van der Waals surface area contributed by atoms with Crippen molar-refractivity contribution >= 4 is 23.6 Å². The van der Waals surface area contributed by atoms with E-state index in [4.69, 9.17) is 5.73 Å². The molecule has 42 heavy (non-hydrogen) atoms. The Morgan fingerprint density at radius 1 is 0.762 bits per heavy atom. The predicted molar refractivity (Wildman–Crippen MR) is 156 cm³/mol. The number of phenols is 1. The number of carbonyl (C=O) groups is 4. The van der Waals surface area contributed by atoms with Gasteiger partial charge >= 0.3 is 0 Å². The molecule has 2 bridgehead atoms. The van der Waals surface area contributed by atoms with Crippen LogP contribution >= 0.6 is 0 Å². The van der Waals surface area contributed by atoms with E-state index in [9.17, 15) is 24.3 Å². The number of nitrogens with two attached hydrogens (primary N) is 1. The third-order valence-corrected chi connectivity index (χ3v) is 7.77. The zero-order valence-electron chi connectivity index (χ0n) is 23.1. The van der Waals surface area contributed by atoms with Crippen LogP contribution in [0, 0.1) is 0 Å². The van der Waals surface area contributed by atoms with E-state index in [1.165, 1.54) is 17.0 Å². The average Bonchev–Trinajstić information content (AvgIpc) is 3.41. The van der Waals surface area contributed by atoms with E-state index < -0.39 is 47.9 Å². The molecule has 2 heterocycles. The molecule has 2 saturated heterocycles. The van der Waals surface area contributed by atoms with Crippen molar-refractivity contribution in [1.29, 1.82) is 0 Å². The first-order valence-electron chi connectivity index (χ1n) is 14.1. The smallest absolute Gasteiger partial charge is 0.243 e. The van der Waals surface area contributed by atoms with Gasteiger partial charge in [0.1, 0.15) is 23.9 Å². The molecule has 5 rings (SSSR count). The number of likely N-dealkylation sites (tertiary alicyclic amines) is 1. The SMILES string of the molecule is N[C@@H](Cc1ccc(O)cc1)C(=O)N1C[C@@H]2C[C@H]1C(=O)N[C@@H](Cc1ccccc1)C(=O)N[C@@H](Cc1ccccc1)C(=O)N2. The van der Waals surface area contributed by atoms with E-state index in [-0.39, 0.29) is 43.9 Å². The normalized spacial score (nSPS) is 23.3. The minimum atomic E-state index is -0.967. The Hall–Kier alpha value is -4.70. The number of amides is 4. The fraction of sp³-hybridized carbons (Fsp3) is 0.312. The van der Waals surface area contributed by atoms with Gasteiger partial charge in [0, 0.05) is 25.4 Å². The van der Waals surface area contributed by atoms with Crippen LogP contribution in [0.25, 0.3) is 0 Å². The third kappa shape index (κ3) is 6.95. The molecule has 0 radical (unpaired) electrons. The largest absolute Gasteiger partial charge is 0.508 e. The number of fused-ring (bicyclic) bond motifs is 2. The third-order valence-electron chi connectivity index (χ3n) is 7.77. The molecule has 5 atom stereocenters. The van der Waals surface area contributed by atoms with E-state index in [0.717, 1.165) is 16.7 Å². The van der Waals surface area contributed by atoms with Gasteiger partial charge in [-0.2, -0.15) is 0 Å². The number of nitrogens with zero attached hydrogens (tertiary/aromatic N) is 1. The second-order valence-corrected chi connectivity index (χ2v) is 10.9. The number of rotatable bonds is 7. The molecule has 0 aromatic heterocycles. The van der Waals surface area contributed by atoms with Crippen LogP contribution < -0.4 is 21.7 Å². The highest BCUT2D eigenvalue weighted by Crippen LogP contribution is 2.22. The minimum Gasteiger partial charge on any atom is -0.508 e. The Bertz CT molecular complexity index is 1420. The fourth-order valence-corrected chi connectivity index (χ4v) is 5.58. The maximum absolute atomic E-state index is 13.7. The first kappa shape index (κ1) is 28.8. The van der Waals surface area contributed by atoms with Gasteiger partial charge < -0.3 is 31.7 Å². The molecule has 10 nitrogen and oxygen atoms in total. The second-order valence-electron chi connectivity index (χ2n) is 10.9. The molecule has 4 amide bonds. The fourth-order valence-electron chi connectivity index (χ4n) is 5.58. The molecule has 2 fully saturated rings. The second kappa shape index (κ2) is 12.9. The van der Waals surface area contributed by atoms with E-state index in [1.54, 1.807) is 12.1 Å². The lowest BCUT2D eigenvalue weighted by Crippen LogP contribution is -2.59. The number of aromatic hydroxyl groups is 1. The molecule has 6 N–H and O–H groups in total. The Morgan fingerprint density at radius 2 is 1.29 bits per heavy atom. The number of hydrogen-bond donors (Lipinski definition) is 5. The van der Waals surface area contributed by atoms with Crippen molar-refractivity contribution in [3.8, 4) is 5.75 Å². The van der Waals surface area contributed by atoms with E-state index in [0.29, 0.717) is 0 Å². The highest BCUT2D eigenvalue weighted by Gasteiger charge is 2.44. The van der Waals surface area contributed by atoms with Gasteiger partial charge in [0.15, 0.2) is 0 Å². The van der Waals surface area contributed by atoms with E-state index in [1.807, 2.05) is 60.7 Å². The van der Waals surface area contributed by atoms with Gasteiger partial charge in [0.2, 0.25) is 23.6 Å². The number of nitrogens with one attached hydrogen (secondary N) is 3. The van der Waals surface area contributed by atoms with Gasteiger partial charge in [-0.1, -0.05) is 72.8 Å². The highest BCUT2D eigenvalue weighted by molar-refractivity contribution is 5.96. The summed E-state index contributed by atoms with van der Waals surface area (Å²) in [5.74, 6) is -1.67. The van der Waals surface area contributed by atoms with Crippen LogP contribution in [-0.2, 0) is 38.4 Å². The minimum absolute atomic E-state index is 0.106. The van der Waals surface area contributed by atoms with Crippen LogP contribution in [0.2, 0.25) is 0 Å². The molecule has 0 spiro atoms.